The quantitative estimate of drug-likeness (QED) is 0.842. The first-order valence-corrected chi connectivity index (χ1v) is 7.55. The number of thiophene rings is 1. The third-order valence-corrected chi connectivity index (χ3v) is 4.66. The first-order valence-electron chi connectivity index (χ1n) is 6.74. The van der Waals surface area contributed by atoms with Gasteiger partial charge in [0.1, 0.15) is 4.88 Å². The largest absolute Gasteiger partial charge is 0.477 e. The molecule has 19 heavy (non-hydrogen) atoms. The zero-order valence-electron chi connectivity index (χ0n) is 10.9. The molecule has 0 unspecified atom stereocenters. The van der Waals surface area contributed by atoms with E-state index < -0.39 is 5.97 Å². The molecule has 1 aromatic heterocycles. The van der Waals surface area contributed by atoms with Crippen LogP contribution in [0.15, 0.2) is 12.1 Å². The zero-order valence-corrected chi connectivity index (χ0v) is 11.7. The maximum Gasteiger partial charge on any atom is 0.345 e. The Morgan fingerprint density at radius 2 is 2.05 bits per heavy atom. The molecule has 2 rings (SSSR count). The van der Waals surface area contributed by atoms with Crippen molar-refractivity contribution >= 4 is 23.2 Å². The molecule has 104 valence electrons. The molecule has 5 heteroatoms. The molecule has 0 radical (unpaired) electrons. The van der Waals surface area contributed by atoms with Gasteiger partial charge in [0.2, 0.25) is 5.91 Å². The summed E-state index contributed by atoms with van der Waals surface area (Å²) < 4.78 is 0. The first kappa shape index (κ1) is 14.1. The average molecular weight is 281 g/mol. The lowest BCUT2D eigenvalue weighted by Crippen LogP contribution is -2.22. The van der Waals surface area contributed by atoms with E-state index in [1.54, 1.807) is 12.1 Å². The lowest BCUT2D eigenvalue weighted by atomic mass is 10.0. The Balaban J connectivity index is 1.68. The van der Waals surface area contributed by atoms with Gasteiger partial charge in [-0.15, -0.1) is 11.3 Å². The average Bonchev–Trinajstić information content (AvgIpc) is 3.05. The number of carbonyl (C=O) groups excluding carboxylic acids is 1. The van der Waals surface area contributed by atoms with Crippen LogP contribution in [0.5, 0.6) is 0 Å². The molecular formula is C14H19NO3S. The van der Waals surface area contributed by atoms with Crippen LogP contribution in [0.1, 0.15) is 53.1 Å². The van der Waals surface area contributed by atoms with Crippen LogP contribution in [-0.2, 0) is 11.3 Å². The molecule has 1 heterocycles. The molecule has 2 N–H and O–H groups in total. The number of carboxylic acid groups (broad SMARTS) is 1. The molecule has 0 atom stereocenters. The summed E-state index contributed by atoms with van der Waals surface area (Å²) in [5, 5.41) is 11.7. The number of carboxylic acids is 1. The lowest BCUT2D eigenvalue weighted by Gasteiger charge is -2.08. The van der Waals surface area contributed by atoms with Gasteiger partial charge in [-0.25, -0.2) is 4.79 Å². The highest BCUT2D eigenvalue weighted by atomic mass is 32.1. The molecule has 1 fully saturated rings. The van der Waals surface area contributed by atoms with Crippen LogP contribution in [0.2, 0.25) is 0 Å². The number of hydrogen-bond donors (Lipinski definition) is 2. The fourth-order valence-electron chi connectivity index (χ4n) is 2.50. The van der Waals surface area contributed by atoms with Crippen LogP contribution in [0.25, 0.3) is 0 Å². The monoisotopic (exact) mass is 281 g/mol. The molecule has 0 bridgehead atoms. The van der Waals surface area contributed by atoms with E-state index >= 15 is 0 Å². The molecule has 1 saturated carbocycles. The lowest BCUT2D eigenvalue weighted by molar-refractivity contribution is -0.121. The van der Waals surface area contributed by atoms with Gasteiger partial charge in [0.25, 0.3) is 0 Å². The van der Waals surface area contributed by atoms with E-state index in [0.717, 1.165) is 17.2 Å². The van der Waals surface area contributed by atoms with E-state index in [9.17, 15) is 9.59 Å². The van der Waals surface area contributed by atoms with Gasteiger partial charge in [0, 0.05) is 11.3 Å². The number of nitrogens with one attached hydrogen (secondary N) is 1. The minimum Gasteiger partial charge on any atom is -0.477 e. The van der Waals surface area contributed by atoms with Crippen molar-refractivity contribution in [1.82, 2.24) is 5.32 Å². The highest BCUT2D eigenvalue weighted by Crippen LogP contribution is 2.28. The second-order valence-electron chi connectivity index (χ2n) is 5.04. The van der Waals surface area contributed by atoms with E-state index in [2.05, 4.69) is 5.32 Å². The van der Waals surface area contributed by atoms with Gasteiger partial charge in [-0.2, -0.15) is 0 Å². The first-order chi connectivity index (χ1) is 9.15. The van der Waals surface area contributed by atoms with Crippen LogP contribution in [-0.4, -0.2) is 17.0 Å². The normalized spacial score (nSPS) is 15.6. The highest BCUT2D eigenvalue weighted by Gasteiger charge is 2.16. The fraction of sp³-hybridized carbons (Fsp3) is 0.571. The Morgan fingerprint density at radius 1 is 1.32 bits per heavy atom. The van der Waals surface area contributed by atoms with Crippen LogP contribution >= 0.6 is 11.3 Å². The topological polar surface area (TPSA) is 66.4 Å². The molecular weight excluding hydrogens is 262 g/mol. The van der Waals surface area contributed by atoms with Gasteiger partial charge < -0.3 is 10.4 Å². The molecule has 1 aliphatic rings. The maximum absolute atomic E-state index is 11.7. The molecule has 1 amide bonds. The van der Waals surface area contributed by atoms with Crippen molar-refractivity contribution in [1.29, 1.82) is 0 Å². The summed E-state index contributed by atoms with van der Waals surface area (Å²) in [6.45, 7) is 0.432. The number of amides is 1. The van der Waals surface area contributed by atoms with Crippen molar-refractivity contribution < 1.29 is 14.7 Å². The van der Waals surface area contributed by atoms with E-state index in [1.165, 1.54) is 37.0 Å². The van der Waals surface area contributed by atoms with Gasteiger partial charge in [-0.1, -0.05) is 25.7 Å². The second-order valence-corrected chi connectivity index (χ2v) is 6.21. The Kier molecular flexibility index (Phi) is 4.96. The third-order valence-electron chi connectivity index (χ3n) is 3.59. The van der Waals surface area contributed by atoms with Crippen molar-refractivity contribution in [2.45, 2.75) is 45.1 Å². The minimum absolute atomic E-state index is 0.0668. The SMILES string of the molecule is O=C(CCC1CCCC1)NCc1ccc(C(=O)O)s1. The summed E-state index contributed by atoms with van der Waals surface area (Å²) in [5.41, 5.74) is 0. The predicted molar refractivity (Wildman–Crippen MR) is 74.3 cm³/mol. The van der Waals surface area contributed by atoms with Crippen LogP contribution in [0, 0.1) is 5.92 Å². The summed E-state index contributed by atoms with van der Waals surface area (Å²) in [4.78, 5) is 23.6. The van der Waals surface area contributed by atoms with Crippen LogP contribution in [0.3, 0.4) is 0 Å². The molecule has 1 aliphatic carbocycles. The molecule has 0 spiro atoms. The van der Waals surface area contributed by atoms with Gasteiger partial charge in [0.05, 0.1) is 6.54 Å². The number of carbonyl (C=O) groups is 2. The zero-order chi connectivity index (χ0) is 13.7. The van der Waals surface area contributed by atoms with Crippen molar-refractivity contribution in [3.8, 4) is 0 Å². The Morgan fingerprint density at radius 3 is 2.68 bits per heavy atom. The van der Waals surface area contributed by atoms with E-state index in [4.69, 9.17) is 5.11 Å². The third kappa shape index (κ3) is 4.35. The maximum atomic E-state index is 11.7. The Labute approximate surface area is 116 Å². The summed E-state index contributed by atoms with van der Waals surface area (Å²) in [6, 6.07) is 3.33. The van der Waals surface area contributed by atoms with Gasteiger partial charge >= 0.3 is 5.97 Å². The van der Waals surface area contributed by atoms with Gasteiger partial charge in [-0.05, 0) is 24.5 Å². The fourth-order valence-corrected chi connectivity index (χ4v) is 3.28. The van der Waals surface area contributed by atoms with E-state index in [1.807, 2.05) is 0 Å². The number of rotatable bonds is 6. The number of aromatic carboxylic acids is 1. The standard InChI is InChI=1S/C14H19NO3S/c16-13(8-5-10-3-1-2-4-10)15-9-11-6-7-12(19-11)14(17)18/h6-7,10H,1-5,8-9H2,(H,15,16)(H,17,18). The second kappa shape index (κ2) is 6.70. The minimum atomic E-state index is -0.913. The van der Waals surface area contributed by atoms with Crippen molar-refractivity contribution in [2.24, 2.45) is 5.92 Å². The van der Waals surface area contributed by atoms with Gasteiger partial charge in [0.15, 0.2) is 0 Å². The Bertz CT molecular complexity index is 449. The molecule has 0 saturated heterocycles. The molecule has 0 aromatic carbocycles. The smallest absolute Gasteiger partial charge is 0.345 e. The van der Waals surface area contributed by atoms with Crippen LogP contribution < -0.4 is 5.32 Å². The van der Waals surface area contributed by atoms with E-state index in [-0.39, 0.29) is 5.91 Å². The Hall–Kier alpha value is -1.36. The highest BCUT2D eigenvalue weighted by molar-refractivity contribution is 7.13. The van der Waals surface area contributed by atoms with Gasteiger partial charge in [-0.3, -0.25) is 4.79 Å². The predicted octanol–water partition coefficient (Wildman–Crippen LogP) is 3.03. The molecule has 0 aliphatic heterocycles. The van der Waals surface area contributed by atoms with Crippen molar-refractivity contribution in [2.75, 3.05) is 0 Å². The molecule has 4 nitrogen and oxygen atoms in total. The van der Waals surface area contributed by atoms with Crippen molar-refractivity contribution in [3.63, 3.8) is 0 Å². The summed E-state index contributed by atoms with van der Waals surface area (Å²) >= 11 is 1.21. The van der Waals surface area contributed by atoms with Crippen LogP contribution in [0.4, 0.5) is 0 Å². The summed E-state index contributed by atoms with van der Waals surface area (Å²) in [6.07, 6.45) is 6.71. The molecule has 1 aromatic rings. The van der Waals surface area contributed by atoms with E-state index in [0.29, 0.717) is 17.8 Å². The summed E-state index contributed by atoms with van der Waals surface area (Å²) in [7, 11) is 0. The summed E-state index contributed by atoms with van der Waals surface area (Å²) in [5.74, 6) is -0.118. The number of hydrogen-bond acceptors (Lipinski definition) is 3. The van der Waals surface area contributed by atoms with Crippen molar-refractivity contribution in [3.05, 3.63) is 21.9 Å².